The first-order chi connectivity index (χ1) is 24.3. The zero-order valence-electron chi connectivity index (χ0n) is 26.6. The van der Waals surface area contributed by atoms with Crippen molar-refractivity contribution in [3.8, 4) is 10.6 Å². The maximum Gasteiger partial charge on any atom is 0.124 e. The summed E-state index contributed by atoms with van der Waals surface area (Å²) in [5.74, 6) is 0. The van der Waals surface area contributed by atoms with Crippen LogP contribution in [0, 0.1) is 0 Å². The van der Waals surface area contributed by atoms with E-state index >= 15 is 0 Å². The summed E-state index contributed by atoms with van der Waals surface area (Å²) in [6.07, 6.45) is 0. The van der Waals surface area contributed by atoms with Crippen molar-refractivity contribution in [2.75, 3.05) is 9.80 Å². The van der Waals surface area contributed by atoms with Gasteiger partial charge in [0.25, 0.3) is 0 Å². The Morgan fingerprint density at radius 1 is 0.347 bits per heavy atom. The van der Waals surface area contributed by atoms with E-state index in [2.05, 4.69) is 198 Å². The number of hydrogen-bond donors (Lipinski definition) is 0. The molecule has 1 heterocycles. The molecule has 0 saturated carbocycles. The Bertz CT molecular complexity index is 2290. The van der Waals surface area contributed by atoms with Gasteiger partial charge in [0.05, 0.1) is 10.2 Å². The first-order valence-electron chi connectivity index (χ1n) is 16.5. The summed E-state index contributed by atoms with van der Waals surface area (Å²) >= 11 is 1.77. The number of fused-ring (bicyclic) bond motifs is 6. The summed E-state index contributed by atoms with van der Waals surface area (Å²) in [7, 11) is 0. The smallest absolute Gasteiger partial charge is 0.124 e. The largest absolute Gasteiger partial charge is 0.310 e. The van der Waals surface area contributed by atoms with Gasteiger partial charge >= 0.3 is 0 Å². The maximum atomic E-state index is 5.43. The highest BCUT2D eigenvalue weighted by atomic mass is 32.1. The van der Waals surface area contributed by atoms with Gasteiger partial charge in [-0.3, -0.25) is 0 Å². The van der Waals surface area contributed by atoms with E-state index in [1.165, 1.54) is 26.2 Å². The van der Waals surface area contributed by atoms with E-state index in [1.807, 2.05) is 0 Å². The van der Waals surface area contributed by atoms with Gasteiger partial charge in [-0.05, 0) is 77.5 Å². The van der Waals surface area contributed by atoms with Crippen molar-refractivity contribution in [3.63, 3.8) is 0 Å². The molecule has 0 radical (unpaired) electrons. The molecule has 9 aromatic rings. The second-order valence-electron chi connectivity index (χ2n) is 12.0. The van der Waals surface area contributed by atoms with Gasteiger partial charge in [-0.25, -0.2) is 4.98 Å². The van der Waals surface area contributed by atoms with Crippen molar-refractivity contribution >= 4 is 77.2 Å². The predicted octanol–water partition coefficient (Wildman–Crippen LogP) is 13.2. The fourth-order valence-corrected chi connectivity index (χ4v) is 7.93. The summed E-state index contributed by atoms with van der Waals surface area (Å²) in [6.45, 7) is 0. The van der Waals surface area contributed by atoms with Crippen molar-refractivity contribution in [2.24, 2.45) is 0 Å². The topological polar surface area (TPSA) is 19.4 Å². The third-order valence-electron chi connectivity index (χ3n) is 8.99. The Morgan fingerprint density at radius 3 is 1.16 bits per heavy atom. The average molecular weight is 646 g/mol. The molecule has 0 aliphatic carbocycles. The number of para-hydroxylation sites is 4. The molecule has 0 saturated heterocycles. The number of rotatable bonds is 7. The molecule has 0 fully saturated rings. The summed E-state index contributed by atoms with van der Waals surface area (Å²) in [4.78, 5) is 10.1. The molecule has 49 heavy (non-hydrogen) atoms. The van der Waals surface area contributed by atoms with Crippen LogP contribution in [-0.2, 0) is 0 Å². The van der Waals surface area contributed by atoms with E-state index in [0.717, 1.165) is 50.2 Å². The van der Waals surface area contributed by atoms with Crippen LogP contribution in [-0.4, -0.2) is 4.98 Å². The Hall–Kier alpha value is -6.23. The Labute approximate surface area is 289 Å². The van der Waals surface area contributed by atoms with Gasteiger partial charge in [-0.2, -0.15) is 0 Å². The fourth-order valence-electron chi connectivity index (χ4n) is 6.83. The summed E-state index contributed by atoms with van der Waals surface area (Å²) in [6, 6.07) is 66.6. The van der Waals surface area contributed by atoms with E-state index in [0.29, 0.717) is 0 Å². The highest BCUT2D eigenvalue weighted by Gasteiger charge is 2.21. The molecule has 0 bridgehead atoms. The number of aromatic nitrogens is 1. The number of benzene rings is 8. The van der Waals surface area contributed by atoms with E-state index < -0.39 is 0 Å². The lowest BCUT2D eigenvalue weighted by Gasteiger charge is -2.30. The summed E-state index contributed by atoms with van der Waals surface area (Å²) in [5, 5.41) is 5.90. The molecule has 0 atom stereocenters. The minimum absolute atomic E-state index is 0.988. The first kappa shape index (κ1) is 29.0. The Morgan fingerprint density at radius 2 is 0.714 bits per heavy atom. The SMILES string of the molecule is c1ccc(N(c2ccccc2)c2cc(-c3nc4c5ccccc5c5ccccc5c4s3)cc(N(c3ccccc3)c3ccccc3)c2)cc1. The van der Waals surface area contributed by atoms with Crippen LogP contribution >= 0.6 is 11.3 Å². The number of anilines is 6. The van der Waals surface area contributed by atoms with E-state index in [-0.39, 0.29) is 0 Å². The number of thiazole rings is 1. The Balaban J connectivity index is 1.34. The number of hydrogen-bond acceptors (Lipinski definition) is 4. The van der Waals surface area contributed by atoms with Gasteiger partial charge in [0, 0.05) is 50.5 Å². The molecule has 0 aliphatic rings. The van der Waals surface area contributed by atoms with E-state index in [4.69, 9.17) is 4.98 Å². The fraction of sp³-hybridized carbons (Fsp3) is 0. The van der Waals surface area contributed by atoms with Crippen LogP contribution in [0.15, 0.2) is 188 Å². The standard InChI is InChI=1S/C45H31N3S/c1-5-17-33(18-6-1)47(34-19-7-2-8-20-34)37-29-32(30-38(31-37)48(35-21-9-3-10-22-35)36-23-11-4-12-24-36)45-46-43-41-27-15-13-25-39(41)40-26-14-16-28-42(40)44(43)49-45/h1-31H. The average Bonchev–Trinajstić information content (AvgIpc) is 3.64. The van der Waals surface area contributed by atoms with Crippen LogP contribution in [0.4, 0.5) is 34.1 Å². The molecule has 3 nitrogen and oxygen atoms in total. The van der Waals surface area contributed by atoms with E-state index in [1.54, 1.807) is 11.3 Å². The molecule has 1 aromatic heterocycles. The highest BCUT2D eigenvalue weighted by Crippen LogP contribution is 2.46. The van der Waals surface area contributed by atoms with Crippen LogP contribution in [0.3, 0.4) is 0 Å². The minimum atomic E-state index is 0.988. The lowest BCUT2D eigenvalue weighted by atomic mass is 10.0. The van der Waals surface area contributed by atoms with Crippen LogP contribution < -0.4 is 9.80 Å². The molecule has 0 amide bonds. The molecule has 0 aliphatic heterocycles. The highest BCUT2D eigenvalue weighted by molar-refractivity contribution is 7.22. The predicted molar refractivity (Wildman–Crippen MR) is 209 cm³/mol. The third kappa shape index (κ3) is 5.29. The molecule has 8 aromatic carbocycles. The quantitative estimate of drug-likeness (QED) is 0.161. The molecular formula is C45H31N3S. The van der Waals surface area contributed by atoms with Crippen molar-refractivity contribution < 1.29 is 0 Å². The molecular weight excluding hydrogens is 615 g/mol. The van der Waals surface area contributed by atoms with Crippen LogP contribution in [0.5, 0.6) is 0 Å². The van der Waals surface area contributed by atoms with Crippen LogP contribution in [0.1, 0.15) is 0 Å². The van der Waals surface area contributed by atoms with Gasteiger partial charge in [0.15, 0.2) is 0 Å². The lowest BCUT2D eigenvalue weighted by molar-refractivity contribution is 1.25. The Kier molecular flexibility index (Phi) is 7.34. The molecule has 0 N–H and O–H groups in total. The van der Waals surface area contributed by atoms with Crippen LogP contribution in [0.2, 0.25) is 0 Å². The van der Waals surface area contributed by atoms with Crippen molar-refractivity contribution in [3.05, 3.63) is 188 Å². The second kappa shape index (κ2) is 12.4. The molecule has 4 heteroatoms. The van der Waals surface area contributed by atoms with Gasteiger partial charge in [0.1, 0.15) is 5.01 Å². The zero-order valence-corrected chi connectivity index (χ0v) is 27.5. The lowest BCUT2D eigenvalue weighted by Crippen LogP contribution is -2.13. The van der Waals surface area contributed by atoms with Crippen molar-refractivity contribution in [2.45, 2.75) is 0 Å². The van der Waals surface area contributed by atoms with Crippen molar-refractivity contribution in [1.82, 2.24) is 4.98 Å². The van der Waals surface area contributed by atoms with Gasteiger partial charge < -0.3 is 9.80 Å². The third-order valence-corrected chi connectivity index (χ3v) is 10.1. The normalized spacial score (nSPS) is 11.3. The number of nitrogens with zero attached hydrogens (tertiary/aromatic N) is 3. The first-order valence-corrected chi connectivity index (χ1v) is 17.3. The summed E-state index contributed by atoms with van der Waals surface area (Å²) < 4.78 is 1.21. The van der Waals surface area contributed by atoms with Crippen molar-refractivity contribution in [1.29, 1.82) is 0 Å². The van der Waals surface area contributed by atoms with Gasteiger partial charge in [0.2, 0.25) is 0 Å². The second-order valence-corrected chi connectivity index (χ2v) is 13.0. The van der Waals surface area contributed by atoms with Gasteiger partial charge in [-0.15, -0.1) is 11.3 Å². The monoisotopic (exact) mass is 645 g/mol. The molecule has 0 unspecified atom stereocenters. The zero-order chi connectivity index (χ0) is 32.6. The summed E-state index contributed by atoms with van der Waals surface area (Å²) in [5.41, 5.74) is 8.57. The minimum Gasteiger partial charge on any atom is -0.310 e. The molecule has 9 rings (SSSR count). The molecule has 0 spiro atoms. The van der Waals surface area contributed by atoms with E-state index in [9.17, 15) is 0 Å². The van der Waals surface area contributed by atoms with Gasteiger partial charge in [-0.1, -0.05) is 121 Å². The van der Waals surface area contributed by atoms with Crippen LogP contribution in [0.25, 0.3) is 42.3 Å². The molecule has 232 valence electrons. The maximum absolute atomic E-state index is 5.43.